The van der Waals surface area contributed by atoms with Gasteiger partial charge in [-0.1, -0.05) is 68.8 Å². The molecular formula is C28H28O2S. The van der Waals surface area contributed by atoms with E-state index in [1.54, 1.807) is 17.4 Å². The number of phenols is 1. The van der Waals surface area contributed by atoms with Crippen LogP contribution in [-0.2, 0) is 0 Å². The van der Waals surface area contributed by atoms with E-state index in [1.807, 2.05) is 24.3 Å². The number of phenolic OH excluding ortho intramolecular Hbond substituents is 1. The van der Waals surface area contributed by atoms with E-state index in [2.05, 4.69) is 70.2 Å². The topological polar surface area (TPSA) is 29.5 Å². The highest BCUT2D eigenvalue weighted by Crippen LogP contribution is 2.48. The van der Waals surface area contributed by atoms with Crippen molar-refractivity contribution in [1.82, 2.24) is 0 Å². The van der Waals surface area contributed by atoms with Gasteiger partial charge in [-0.2, -0.15) is 0 Å². The van der Waals surface area contributed by atoms with E-state index in [0.29, 0.717) is 5.92 Å². The molecule has 0 spiro atoms. The Morgan fingerprint density at radius 2 is 1.77 bits per heavy atom. The Balaban J connectivity index is 1.81. The lowest BCUT2D eigenvalue weighted by Gasteiger charge is -2.14. The maximum absolute atomic E-state index is 10.0. The molecule has 158 valence electrons. The second kappa shape index (κ2) is 8.99. The van der Waals surface area contributed by atoms with Gasteiger partial charge < -0.3 is 9.84 Å². The van der Waals surface area contributed by atoms with Crippen molar-refractivity contribution >= 4 is 27.5 Å². The zero-order valence-corrected chi connectivity index (χ0v) is 19.3. The second-order valence-corrected chi connectivity index (χ2v) is 9.25. The van der Waals surface area contributed by atoms with Crippen LogP contribution in [0.25, 0.3) is 26.6 Å². The third-order valence-electron chi connectivity index (χ3n) is 5.53. The van der Waals surface area contributed by atoms with Gasteiger partial charge in [0.25, 0.3) is 0 Å². The van der Waals surface area contributed by atoms with Gasteiger partial charge in [0.1, 0.15) is 11.5 Å². The predicted molar refractivity (Wildman–Crippen MR) is 133 cm³/mol. The predicted octanol–water partition coefficient (Wildman–Crippen LogP) is 9.00. The monoisotopic (exact) mass is 428 g/mol. The molecule has 0 aliphatic rings. The SMILES string of the molecule is CC/C(C)=C/c1ccc(Oc2c(-c3ccccc3C(C)C)sc3cc(O)ccc23)cc1. The Labute approximate surface area is 188 Å². The van der Waals surface area contributed by atoms with Crippen LogP contribution in [0.2, 0.25) is 0 Å². The van der Waals surface area contributed by atoms with E-state index in [1.165, 1.54) is 22.3 Å². The van der Waals surface area contributed by atoms with E-state index < -0.39 is 0 Å². The number of allylic oxidation sites excluding steroid dienone is 1. The molecule has 0 fully saturated rings. The molecule has 0 atom stereocenters. The van der Waals surface area contributed by atoms with E-state index in [9.17, 15) is 5.11 Å². The minimum absolute atomic E-state index is 0.270. The third-order valence-corrected chi connectivity index (χ3v) is 6.69. The van der Waals surface area contributed by atoms with Crippen molar-refractivity contribution < 1.29 is 9.84 Å². The van der Waals surface area contributed by atoms with Gasteiger partial charge in [-0.3, -0.25) is 0 Å². The number of fused-ring (bicyclic) bond motifs is 1. The normalized spacial score (nSPS) is 12.0. The van der Waals surface area contributed by atoms with Crippen LogP contribution in [0.3, 0.4) is 0 Å². The summed E-state index contributed by atoms with van der Waals surface area (Å²) in [5.41, 5.74) is 5.01. The lowest BCUT2D eigenvalue weighted by atomic mass is 9.96. The molecule has 1 aromatic heterocycles. The summed E-state index contributed by atoms with van der Waals surface area (Å²) in [4.78, 5) is 1.09. The molecule has 4 aromatic rings. The summed E-state index contributed by atoms with van der Waals surface area (Å²) in [7, 11) is 0. The van der Waals surface area contributed by atoms with Crippen molar-refractivity contribution in [3.8, 4) is 27.7 Å². The first-order chi connectivity index (χ1) is 15.0. The van der Waals surface area contributed by atoms with Gasteiger partial charge in [-0.15, -0.1) is 11.3 Å². The summed E-state index contributed by atoms with van der Waals surface area (Å²) in [6.45, 7) is 8.74. The average molecular weight is 429 g/mol. The lowest BCUT2D eigenvalue weighted by molar-refractivity contribution is 0.476. The smallest absolute Gasteiger partial charge is 0.153 e. The lowest BCUT2D eigenvalue weighted by Crippen LogP contribution is -1.92. The van der Waals surface area contributed by atoms with Crippen molar-refractivity contribution in [3.63, 3.8) is 0 Å². The maximum Gasteiger partial charge on any atom is 0.153 e. The first-order valence-corrected chi connectivity index (χ1v) is 11.6. The molecule has 3 aromatic carbocycles. The molecule has 1 heterocycles. The largest absolute Gasteiger partial charge is 0.508 e. The minimum atomic E-state index is 0.270. The van der Waals surface area contributed by atoms with Crippen molar-refractivity contribution in [1.29, 1.82) is 0 Å². The highest BCUT2D eigenvalue weighted by Gasteiger charge is 2.19. The number of thiophene rings is 1. The fraction of sp³-hybridized carbons (Fsp3) is 0.214. The van der Waals surface area contributed by atoms with E-state index in [4.69, 9.17) is 4.74 Å². The number of ether oxygens (including phenoxy) is 1. The molecule has 0 amide bonds. The van der Waals surface area contributed by atoms with Crippen LogP contribution < -0.4 is 4.74 Å². The van der Waals surface area contributed by atoms with E-state index in [-0.39, 0.29) is 5.75 Å². The first kappa shape index (κ1) is 21.2. The third kappa shape index (κ3) is 4.52. The quantitative estimate of drug-likeness (QED) is 0.332. The Morgan fingerprint density at radius 1 is 1.03 bits per heavy atom. The number of hydrogen-bond acceptors (Lipinski definition) is 3. The summed E-state index contributed by atoms with van der Waals surface area (Å²) in [6.07, 6.45) is 3.25. The van der Waals surface area contributed by atoms with Gasteiger partial charge in [-0.25, -0.2) is 0 Å². The first-order valence-electron chi connectivity index (χ1n) is 10.8. The number of benzene rings is 3. The Bertz CT molecular complexity index is 1230. The molecule has 0 saturated heterocycles. The molecule has 4 rings (SSSR count). The van der Waals surface area contributed by atoms with Crippen LogP contribution in [0.1, 0.15) is 51.2 Å². The average Bonchev–Trinajstić information content (AvgIpc) is 3.12. The van der Waals surface area contributed by atoms with Gasteiger partial charge in [0.05, 0.1) is 4.88 Å². The Kier molecular flexibility index (Phi) is 6.15. The van der Waals surface area contributed by atoms with Gasteiger partial charge in [0, 0.05) is 10.1 Å². The second-order valence-electron chi connectivity index (χ2n) is 8.20. The summed E-state index contributed by atoms with van der Waals surface area (Å²) in [5, 5.41) is 11.0. The molecule has 1 N–H and O–H groups in total. The standard InChI is InChI=1S/C28H28O2S/c1-5-19(4)16-20-10-13-22(14-11-20)30-27-25-15-12-21(29)17-26(25)31-28(27)24-9-7-6-8-23(24)18(2)3/h6-18,29H,5H2,1-4H3/b19-16+. The van der Waals surface area contributed by atoms with Gasteiger partial charge in [-0.05, 0) is 66.3 Å². The van der Waals surface area contributed by atoms with Crippen molar-refractivity contribution in [2.75, 3.05) is 0 Å². The summed E-state index contributed by atoms with van der Waals surface area (Å²) in [5.74, 6) is 2.32. The Morgan fingerprint density at radius 3 is 2.48 bits per heavy atom. The molecule has 3 heteroatoms. The van der Waals surface area contributed by atoms with Crippen molar-refractivity contribution in [3.05, 3.63) is 83.4 Å². The van der Waals surface area contributed by atoms with E-state index in [0.717, 1.165) is 32.9 Å². The van der Waals surface area contributed by atoms with Gasteiger partial charge in [0.2, 0.25) is 0 Å². The molecule has 0 saturated carbocycles. The molecule has 0 bridgehead atoms. The number of rotatable bonds is 6. The van der Waals surface area contributed by atoms with Crippen LogP contribution >= 0.6 is 11.3 Å². The zero-order valence-electron chi connectivity index (χ0n) is 18.5. The molecule has 31 heavy (non-hydrogen) atoms. The summed E-state index contributed by atoms with van der Waals surface area (Å²) in [6, 6.07) is 22.2. The van der Waals surface area contributed by atoms with Crippen molar-refractivity contribution in [2.24, 2.45) is 0 Å². The molecule has 0 radical (unpaired) electrons. The number of hydrogen-bond donors (Lipinski definition) is 1. The Hall–Kier alpha value is -3.04. The minimum Gasteiger partial charge on any atom is -0.508 e. The summed E-state index contributed by atoms with van der Waals surface area (Å²) < 4.78 is 7.50. The van der Waals surface area contributed by atoms with E-state index >= 15 is 0 Å². The highest BCUT2D eigenvalue weighted by atomic mass is 32.1. The zero-order chi connectivity index (χ0) is 22.0. The molecule has 0 aliphatic carbocycles. The molecule has 2 nitrogen and oxygen atoms in total. The molecule has 0 unspecified atom stereocenters. The van der Waals surface area contributed by atoms with Crippen LogP contribution in [-0.4, -0.2) is 5.11 Å². The summed E-state index contributed by atoms with van der Waals surface area (Å²) >= 11 is 1.66. The molecular weight excluding hydrogens is 400 g/mol. The fourth-order valence-electron chi connectivity index (χ4n) is 3.68. The van der Waals surface area contributed by atoms with Crippen LogP contribution in [0.5, 0.6) is 17.2 Å². The van der Waals surface area contributed by atoms with Gasteiger partial charge >= 0.3 is 0 Å². The van der Waals surface area contributed by atoms with Gasteiger partial charge in [0.15, 0.2) is 5.75 Å². The van der Waals surface area contributed by atoms with Crippen LogP contribution in [0.15, 0.2) is 72.3 Å². The van der Waals surface area contributed by atoms with Crippen LogP contribution in [0.4, 0.5) is 0 Å². The van der Waals surface area contributed by atoms with Crippen molar-refractivity contribution in [2.45, 2.75) is 40.0 Å². The highest BCUT2D eigenvalue weighted by molar-refractivity contribution is 7.22. The maximum atomic E-state index is 10.0. The fourth-order valence-corrected chi connectivity index (χ4v) is 4.89. The number of aromatic hydroxyl groups is 1. The van der Waals surface area contributed by atoms with Crippen LogP contribution in [0, 0.1) is 0 Å². The molecule has 0 aliphatic heterocycles.